The first-order valence-electron chi connectivity index (χ1n) is 14.4. The summed E-state index contributed by atoms with van der Waals surface area (Å²) >= 11 is 0. The Morgan fingerprint density at radius 2 is 1.67 bits per heavy atom. The van der Waals surface area contributed by atoms with Gasteiger partial charge in [0.2, 0.25) is 21.8 Å². The van der Waals surface area contributed by atoms with Gasteiger partial charge in [0.15, 0.2) is 4.90 Å². The lowest BCUT2D eigenvalue weighted by Gasteiger charge is -2.37. The Morgan fingerprint density at radius 3 is 2.36 bits per heavy atom. The van der Waals surface area contributed by atoms with Crippen LogP contribution in [0.2, 0.25) is 0 Å². The fraction of sp³-hybridized carbons (Fsp3) is 0.517. The maximum absolute atomic E-state index is 13.9. The lowest BCUT2D eigenvalue weighted by Crippen LogP contribution is -2.62. The largest absolute Gasteiger partial charge is 0.379 e. The highest BCUT2D eigenvalue weighted by atomic mass is 32.2. The molecule has 0 unspecified atom stereocenters. The predicted molar refractivity (Wildman–Crippen MR) is 156 cm³/mol. The van der Waals surface area contributed by atoms with Crippen molar-refractivity contribution in [1.82, 2.24) is 20.3 Å². The van der Waals surface area contributed by atoms with E-state index in [2.05, 4.69) is 20.3 Å². The van der Waals surface area contributed by atoms with Crippen LogP contribution in [0.1, 0.15) is 44.1 Å². The Labute approximate surface area is 246 Å². The van der Waals surface area contributed by atoms with E-state index < -0.39 is 43.0 Å². The van der Waals surface area contributed by atoms with Crippen LogP contribution in [0.5, 0.6) is 0 Å². The van der Waals surface area contributed by atoms with E-state index >= 15 is 0 Å². The predicted octanol–water partition coefficient (Wildman–Crippen LogP) is 2.14. The van der Waals surface area contributed by atoms with Crippen LogP contribution in [0.15, 0.2) is 59.5 Å². The van der Waals surface area contributed by atoms with Crippen molar-refractivity contribution < 1.29 is 27.7 Å². The number of nitrogens with zero attached hydrogens (tertiary/aromatic N) is 2. The number of para-hydroxylation sites is 1. The van der Waals surface area contributed by atoms with E-state index in [1.807, 2.05) is 30.3 Å². The zero-order valence-corrected chi connectivity index (χ0v) is 24.4. The van der Waals surface area contributed by atoms with Gasteiger partial charge in [-0.15, -0.1) is 0 Å². The lowest BCUT2D eigenvalue weighted by atomic mass is 9.81. The maximum atomic E-state index is 13.9. The lowest BCUT2D eigenvalue weighted by molar-refractivity contribution is -0.387. The standard InChI is InChI=1S/C29H39N5O7S/c35-27(30-16-9-17-33-18-20-41-21-19-33)24(22-23-10-3-1-4-11-23)31-28(36)29(14-7-2-8-15-29)32-42(39,40)26-13-6-5-12-25(26)34(37)38/h1,3-6,10-13,24,32H,2,7-9,14-22H2,(H,30,35)(H,31,36)/t24-/m1/s1. The van der Waals surface area contributed by atoms with Gasteiger partial charge in [-0.3, -0.25) is 24.6 Å². The highest BCUT2D eigenvalue weighted by Gasteiger charge is 2.45. The van der Waals surface area contributed by atoms with Gasteiger partial charge in [0.05, 0.1) is 18.1 Å². The minimum Gasteiger partial charge on any atom is -0.379 e. The Morgan fingerprint density at radius 1 is 1.00 bits per heavy atom. The van der Waals surface area contributed by atoms with Crippen LogP contribution in [-0.4, -0.2) is 81.0 Å². The van der Waals surface area contributed by atoms with Crippen molar-refractivity contribution in [1.29, 1.82) is 0 Å². The Balaban J connectivity index is 1.50. The molecule has 0 bridgehead atoms. The summed E-state index contributed by atoms with van der Waals surface area (Å²) in [4.78, 5) is 39.8. The number of nitrogens with one attached hydrogen (secondary N) is 3. The number of benzene rings is 2. The van der Waals surface area contributed by atoms with Crippen LogP contribution < -0.4 is 15.4 Å². The number of hydrogen-bond acceptors (Lipinski definition) is 8. The average Bonchev–Trinajstić information content (AvgIpc) is 3.00. The third-order valence-corrected chi connectivity index (χ3v) is 9.37. The molecule has 42 heavy (non-hydrogen) atoms. The van der Waals surface area contributed by atoms with Crippen LogP contribution >= 0.6 is 0 Å². The topological polar surface area (TPSA) is 160 Å². The number of amides is 2. The van der Waals surface area contributed by atoms with Gasteiger partial charge in [0, 0.05) is 32.1 Å². The summed E-state index contributed by atoms with van der Waals surface area (Å²) in [7, 11) is -4.45. The fourth-order valence-corrected chi connectivity index (χ4v) is 7.09. The first-order chi connectivity index (χ1) is 20.2. The van der Waals surface area contributed by atoms with Gasteiger partial charge < -0.3 is 15.4 Å². The van der Waals surface area contributed by atoms with Crippen molar-refractivity contribution in [2.24, 2.45) is 0 Å². The zero-order chi connectivity index (χ0) is 30.0. The molecule has 3 N–H and O–H groups in total. The molecule has 1 aliphatic carbocycles. The second-order valence-electron chi connectivity index (χ2n) is 10.8. The van der Waals surface area contributed by atoms with Gasteiger partial charge in [-0.05, 0) is 37.4 Å². The van der Waals surface area contributed by atoms with Gasteiger partial charge >= 0.3 is 0 Å². The molecule has 2 aromatic rings. The molecule has 0 spiro atoms. The van der Waals surface area contributed by atoms with E-state index in [-0.39, 0.29) is 25.2 Å². The Kier molecular flexibility index (Phi) is 11.0. The summed E-state index contributed by atoms with van der Waals surface area (Å²) < 4.78 is 34.8. The number of nitro groups is 1. The van der Waals surface area contributed by atoms with Crippen molar-refractivity contribution >= 4 is 27.5 Å². The van der Waals surface area contributed by atoms with Gasteiger partial charge in [-0.25, -0.2) is 8.42 Å². The molecule has 1 atom stereocenters. The van der Waals surface area contributed by atoms with Crippen LogP contribution in [0.4, 0.5) is 5.69 Å². The van der Waals surface area contributed by atoms with E-state index in [0.717, 1.165) is 50.2 Å². The highest BCUT2D eigenvalue weighted by Crippen LogP contribution is 2.32. The molecule has 12 nitrogen and oxygen atoms in total. The smallest absolute Gasteiger partial charge is 0.289 e. The van der Waals surface area contributed by atoms with E-state index in [1.165, 1.54) is 12.1 Å². The van der Waals surface area contributed by atoms with Gasteiger partial charge in [0.1, 0.15) is 11.6 Å². The maximum Gasteiger partial charge on any atom is 0.289 e. The summed E-state index contributed by atoms with van der Waals surface area (Å²) in [6.07, 6.45) is 3.36. The average molecular weight is 602 g/mol. The molecule has 1 heterocycles. The number of carbonyl (C=O) groups is 2. The van der Waals surface area contributed by atoms with Gasteiger partial charge in [0.25, 0.3) is 5.69 Å². The fourth-order valence-electron chi connectivity index (χ4n) is 5.50. The van der Waals surface area contributed by atoms with E-state index in [4.69, 9.17) is 4.74 Å². The quantitative estimate of drug-likeness (QED) is 0.179. The number of nitro benzene ring substituents is 1. The molecule has 0 aromatic heterocycles. The van der Waals surface area contributed by atoms with Crippen molar-refractivity contribution in [2.75, 3.05) is 39.4 Å². The summed E-state index contributed by atoms with van der Waals surface area (Å²) in [5.41, 5.74) is -1.29. The molecule has 1 aliphatic heterocycles. The van der Waals surface area contributed by atoms with Crippen LogP contribution in [0, 0.1) is 10.1 Å². The number of ether oxygens (including phenoxy) is 1. The number of morpholine rings is 1. The minimum absolute atomic E-state index is 0.206. The molecule has 2 fully saturated rings. The molecule has 0 radical (unpaired) electrons. The van der Waals surface area contributed by atoms with Crippen LogP contribution in [0.3, 0.4) is 0 Å². The molecule has 2 aliphatic rings. The second-order valence-corrected chi connectivity index (χ2v) is 12.4. The Hall–Kier alpha value is -3.39. The van der Waals surface area contributed by atoms with E-state index in [1.54, 1.807) is 0 Å². The molecule has 1 saturated carbocycles. The molecular formula is C29H39N5O7S. The number of rotatable bonds is 13. The molecule has 2 aromatic carbocycles. The van der Waals surface area contributed by atoms with Crippen molar-refractivity contribution in [3.8, 4) is 0 Å². The Bertz CT molecular complexity index is 1330. The van der Waals surface area contributed by atoms with Crippen molar-refractivity contribution in [3.63, 3.8) is 0 Å². The normalized spacial score (nSPS) is 18.1. The third kappa shape index (κ3) is 8.34. The zero-order valence-electron chi connectivity index (χ0n) is 23.6. The number of carbonyl (C=O) groups excluding carboxylic acids is 2. The SMILES string of the molecule is O=C(NCCCN1CCOCC1)[C@@H](Cc1ccccc1)NC(=O)C1(NS(=O)(=O)c2ccccc2[N+](=O)[O-])CCCCC1. The first-order valence-corrected chi connectivity index (χ1v) is 15.9. The molecular weight excluding hydrogens is 562 g/mol. The number of hydrogen-bond donors (Lipinski definition) is 3. The van der Waals surface area contributed by atoms with Crippen LogP contribution in [0.25, 0.3) is 0 Å². The third-order valence-electron chi connectivity index (χ3n) is 7.78. The first kappa shape index (κ1) is 31.5. The highest BCUT2D eigenvalue weighted by molar-refractivity contribution is 7.89. The monoisotopic (exact) mass is 601 g/mol. The summed E-state index contributed by atoms with van der Waals surface area (Å²) in [6, 6.07) is 13.4. The van der Waals surface area contributed by atoms with E-state index in [0.29, 0.717) is 32.6 Å². The van der Waals surface area contributed by atoms with Crippen molar-refractivity contribution in [3.05, 3.63) is 70.3 Å². The summed E-state index contributed by atoms with van der Waals surface area (Å²) in [6.45, 7) is 4.33. The van der Waals surface area contributed by atoms with Crippen LogP contribution in [-0.2, 0) is 30.8 Å². The van der Waals surface area contributed by atoms with E-state index in [9.17, 15) is 28.1 Å². The molecule has 13 heteroatoms. The molecule has 2 amide bonds. The van der Waals surface area contributed by atoms with Gasteiger partial charge in [-0.2, -0.15) is 4.72 Å². The van der Waals surface area contributed by atoms with Gasteiger partial charge in [-0.1, -0.05) is 61.7 Å². The van der Waals surface area contributed by atoms with Crippen molar-refractivity contribution in [2.45, 2.75) is 61.4 Å². The molecule has 228 valence electrons. The minimum atomic E-state index is -4.45. The number of sulfonamides is 1. The summed E-state index contributed by atoms with van der Waals surface area (Å²) in [5.74, 6) is -0.976. The summed E-state index contributed by atoms with van der Waals surface area (Å²) in [5, 5.41) is 17.3. The second kappa shape index (κ2) is 14.7. The molecule has 1 saturated heterocycles. The molecule has 4 rings (SSSR count).